The molecule has 0 unspecified atom stereocenters. The molecule has 0 aliphatic carbocycles. The van der Waals surface area contributed by atoms with Crippen LogP contribution in [0.25, 0.3) is 0 Å². The zero-order chi connectivity index (χ0) is 23.2. The Hall–Kier alpha value is -3.11. The average molecular weight is 448 g/mol. The maximum atomic E-state index is 13.0. The van der Waals surface area contributed by atoms with Crippen molar-refractivity contribution in [2.75, 3.05) is 13.7 Å². The van der Waals surface area contributed by atoms with E-state index in [2.05, 4.69) is 0 Å². The second kappa shape index (κ2) is 10.3. The number of carbonyl (C=O) groups is 2. The van der Waals surface area contributed by atoms with Gasteiger partial charge < -0.3 is 4.74 Å². The van der Waals surface area contributed by atoms with Gasteiger partial charge >= 0.3 is 5.97 Å². The summed E-state index contributed by atoms with van der Waals surface area (Å²) in [5.41, 5.74) is 0.126. The molecule has 0 spiro atoms. The summed E-state index contributed by atoms with van der Waals surface area (Å²) in [6.45, 7) is 2.99. The minimum Gasteiger partial charge on any atom is -0.456 e. The van der Waals surface area contributed by atoms with Crippen LogP contribution < -0.4 is 0 Å². The van der Waals surface area contributed by atoms with Crippen molar-refractivity contribution >= 4 is 27.5 Å². The van der Waals surface area contributed by atoms with Crippen molar-refractivity contribution in [1.29, 1.82) is 0 Å². The second-order valence-corrected chi connectivity index (χ2v) is 9.00. The van der Waals surface area contributed by atoms with Gasteiger partial charge in [-0.2, -0.15) is 4.31 Å². The fourth-order valence-electron chi connectivity index (χ4n) is 2.95. The quantitative estimate of drug-likeness (QED) is 0.237. The Bertz CT molecular complexity index is 1040. The largest absolute Gasteiger partial charge is 0.456 e. The third-order valence-corrected chi connectivity index (χ3v) is 6.84. The van der Waals surface area contributed by atoms with Crippen LogP contribution in [0.5, 0.6) is 0 Å². The van der Waals surface area contributed by atoms with E-state index < -0.39 is 45.3 Å². The number of nitrogens with zero attached hydrogens (tertiary/aromatic N) is 2. The number of hydrogen-bond donors (Lipinski definition) is 0. The Balaban J connectivity index is 2.22. The fraction of sp³-hybridized carbons (Fsp3) is 0.333. The van der Waals surface area contributed by atoms with Gasteiger partial charge in [0.1, 0.15) is 6.04 Å². The lowest BCUT2D eigenvalue weighted by Gasteiger charge is -2.29. The zero-order valence-electron chi connectivity index (χ0n) is 17.4. The van der Waals surface area contributed by atoms with E-state index in [0.717, 1.165) is 28.6 Å². The van der Waals surface area contributed by atoms with Crippen LogP contribution in [0, 0.1) is 16.0 Å². The lowest BCUT2D eigenvalue weighted by molar-refractivity contribution is -0.384. The summed E-state index contributed by atoms with van der Waals surface area (Å²) in [7, 11) is -2.90. The number of Topliss-reactive ketones (excluding diaryl/α,β-unsaturated/α-hetero) is 1. The third kappa shape index (κ3) is 5.74. The molecule has 0 saturated carbocycles. The number of hydrogen-bond acceptors (Lipinski definition) is 7. The van der Waals surface area contributed by atoms with Gasteiger partial charge in [0.05, 0.1) is 9.82 Å². The van der Waals surface area contributed by atoms with Crippen molar-refractivity contribution in [1.82, 2.24) is 4.31 Å². The van der Waals surface area contributed by atoms with Gasteiger partial charge in [-0.15, -0.1) is 0 Å². The predicted molar refractivity (Wildman–Crippen MR) is 113 cm³/mol. The van der Waals surface area contributed by atoms with Crippen LogP contribution in [0.15, 0.2) is 59.5 Å². The Morgan fingerprint density at radius 2 is 1.68 bits per heavy atom. The summed E-state index contributed by atoms with van der Waals surface area (Å²) in [5, 5.41) is 10.8. The molecule has 10 heteroatoms. The number of ketones is 1. The highest BCUT2D eigenvalue weighted by molar-refractivity contribution is 7.89. The highest BCUT2D eigenvalue weighted by atomic mass is 32.2. The molecule has 9 nitrogen and oxygen atoms in total. The highest BCUT2D eigenvalue weighted by Crippen LogP contribution is 2.24. The van der Waals surface area contributed by atoms with E-state index in [1.807, 2.05) is 0 Å². The van der Waals surface area contributed by atoms with Crippen LogP contribution in [-0.4, -0.2) is 49.1 Å². The Labute approximate surface area is 180 Å². The van der Waals surface area contributed by atoms with Gasteiger partial charge in [0, 0.05) is 24.7 Å². The number of sulfonamides is 1. The van der Waals surface area contributed by atoms with Gasteiger partial charge in [-0.05, 0) is 18.1 Å². The maximum absolute atomic E-state index is 13.0. The first-order chi connectivity index (χ1) is 14.6. The van der Waals surface area contributed by atoms with E-state index in [1.54, 1.807) is 44.2 Å². The smallest absolute Gasteiger partial charge is 0.325 e. The summed E-state index contributed by atoms with van der Waals surface area (Å²) < 4.78 is 32.1. The molecule has 166 valence electrons. The number of non-ortho nitro benzene ring substituents is 1. The van der Waals surface area contributed by atoms with Gasteiger partial charge in [0.2, 0.25) is 10.0 Å². The van der Waals surface area contributed by atoms with Crippen molar-refractivity contribution in [3.8, 4) is 0 Å². The number of carbonyl (C=O) groups excluding carboxylic acids is 2. The molecule has 2 rings (SSSR count). The van der Waals surface area contributed by atoms with Crippen molar-refractivity contribution in [2.24, 2.45) is 5.92 Å². The molecule has 0 aliphatic heterocycles. The van der Waals surface area contributed by atoms with Crippen molar-refractivity contribution < 1.29 is 27.7 Å². The molecule has 0 amide bonds. The van der Waals surface area contributed by atoms with Crippen LogP contribution >= 0.6 is 0 Å². The summed E-state index contributed by atoms with van der Waals surface area (Å²) in [6.07, 6.45) is 0.479. The first-order valence-corrected chi connectivity index (χ1v) is 11.0. The molecule has 0 N–H and O–H groups in total. The second-order valence-electron chi connectivity index (χ2n) is 7.00. The van der Waals surface area contributed by atoms with Gasteiger partial charge in [-0.3, -0.25) is 19.7 Å². The minimum atomic E-state index is -4.15. The van der Waals surface area contributed by atoms with Crippen molar-refractivity contribution in [3.05, 3.63) is 70.3 Å². The number of nitro benzene ring substituents is 1. The molecule has 2 aromatic carbocycles. The standard InChI is InChI=1S/C21H24N2O7S/c1-4-15(2)20(21(25)30-14-19(24)16-8-6-5-7-9-16)22(3)31(28,29)18-12-10-17(11-13-18)23(26)27/h5-13,15,20H,4,14H2,1-3H3/t15-,20-/m0/s1. The molecule has 2 atom stereocenters. The fourth-order valence-corrected chi connectivity index (χ4v) is 4.35. The molecular formula is C21H24N2O7S. The molecule has 0 bridgehead atoms. The van der Waals surface area contributed by atoms with E-state index in [0.29, 0.717) is 12.0 Å². The molecule has 0 saturated heterocycles. The lowest BCUT2D eigenvalue weighted by atomic mass is 9.99. The first-order valence-electron chi connectivity index (χ1n) is 9.57. The molecular weight excluding hydrogens is 424 g/mol. The number of likely N-dealkylation sites (N-methyl/N-ethyl adjacent to an activating group) is 1. The number of esters is 1. The normalized spacial score (nSPS) is 13.4. The van der Waals surface area contributed by atoms with Crippen molar-refractivity contribution in [3.63, 3.8) is 0 Å². The first kappa shape index (κ1) is 24.2. The van der Waals surface area contributed by atoms with Gasteiger partial charge in [-0.25, -0.2) is 8.42 Å². The predicted octanol–water partition coefficient (Wildman–Crippen LogP) is 3.06. The molecule has 2 aromatic rings. The SMILES string of the molecule is CC[C@H](C)[C@@H](C(=O)OCC(=O)c1ccccc1)N(C)S(=O)(=O)c1ccc([N+](=O)[O-])cc1. The topological polar surface area (TPSA) is 124 Å². The Kier molecular flexibility index (Phi) is 8.01. The number of nitro groups is 1. The summed E-state index contributed by atoms with van der Waals surface area (Å²) in [4.78, 5) is 35.0. The van der Waals surface area contributed by atoms with Crippen molar-refractivity contribution in [2.45, 2.75) is 31.2 Å². The van der Waals surface area contributed by atoms with Gasteiger partial charge in [0.15, 0.2) is 12.4 Å². The number of ether oxygens (including phenoxy) is 1. The molecule has 0 fully saturated rings. The summed E-state index contributed by atoms with van der Waals surface area (Å²) >= 11 is 0. The minimum absolute atomic E-state index is 0.193. The van der Waals surface area contributed by atoms with Crippen LogP contribution in [0.3, 0.4) is 0 Å². The molecule has 0 aromatic heterocycles. The molecule has 31 heavy (non-hydrogen) atoms. The monoisotopic (exact) mass is 448 g/mol. The number of rotatable bonds is 10. The van der Waals surface area contributed by atoms with Gasteiger partial charge in [-0.1, -0.05) is 50.6 Å². The summed E-state index contributed by atoms with van der Waals surface area (Å²) in [5.74, 6) is -1.65. The van der Waals surface area contributed by atoms with Crippen LogP contribution in [0.2, 0.25) is 0 Å². The zero-order valence-corrected chi connectivity index (χ0v) is 18.2. The van der Waals surface area contributed by atoms with E-state index in [4.69, 9.17) is 4.74 Å². The van der Waals surface area contributed by atoms with E-state index >= 15 is 0 Å². The number of benzene rings is 2. The molecule has 0 aliphatic rings. The van der Waals surface area contributed by atoms with E-state index in [1.165, 1.54) is 7.05 Å². The highest BCUT2D eigenvalue weighted by Gasteiger charge is 2.37. The van der Waals surface area contributed by atoms with E-state index in [9.17, 15) is 28.1 Å². The molecule has 0 heterocycles. The van der Waals surface area contributed by atoms with Crippen LogP contribution in [0.1, 0.15) is 30.6 Å². The van der Waals surface area contributed by atoms with E-state index in [-0.39, 0.29) is 10.6 Å². The Morgan fingerprint density at radius 3 is 2.19 bits per heavy atom. The lowest BCUT2D eigenvalue weighted by Crippen LogP contribution is -2.47. The maximum Gasteiger partial charge on any atom is 0.325 e. The Morgan fingerprint density at radius 1 is 1.10 bits per heavy atom. The van der Waals surface area contributed by atoms with Gasteiger partial charge in [0.25, 0.3) is 5.69 Å². The average Bonchev–Trinajstić information content (AvgIpc) is 2.77. The third-order valence-electron chi connectivity index (χ3n) is 4.98. The van der Waals surface area contributed by atoms with Crippen LogP contribution in [0.4, 0.5) is 5.69 Å². The molecule has 0 radical (unpaired) electrons. The van der Waals surface area contributed by atoms with Crippen LogP contribution in [-0.2, 0) is 19.6 Å². The summed E-state index contributed by atoms with van der Waals surface area (Å²) in [6, 6.07) is 11.5.